The van der Waals surface area contributed by atoms with Gasteiger partial charge in [-0.3, -0.25) is 4.70 Å². The SMILES string of the molecule is CC(C)(C)O.Cc1cc[n+](C(C)(C)C)o1.Cc1ccno1.F.FP(F)(F)(F)F.F[P-](F)(F)(F)(F)F. The van der Waals surface area contributed by atoms with Gasteiger partial charge in [-0.25, -0.2) is 4.52 Å². The molecule has 0 fully saturated rings. The molecular weight excluding hydrogens is 558 g/mol. The van der Waals surface area contributed by atoms with Gasteiger partial charge in [0.15, 0.2) is 5.76 Å². The minimum absolute atomic E-state index is 0. The normalized spacial score (nSPS) is 14.6. The first-order chi connectivity index (χ1) is 14.1. The van der Waals surface area contributed by atoms with E-state index in [-0.39, 0.29) is 10.2 Å². The summed E-state index contributed by atoms with van der Waals surface area (Å²) in [5.74, 6) is 1.81. The maximum atomic E-state index is 9.87. The van der Waals surface area contributed by atoms with Gasteiger partial charge in [0.1, 0.15) is 5.76 Å². The Labute approximate surface area is 194 Å². The van der Waals surface area contributed by atoms with Crippen LogP contribution >= 0.6 is 16.0 Å². The zero-order valence-electron chi connectivity index (χ0n) is 19.9. The molecule has 0 unspecified atom stereocenters. The Morgan fingerprint density at radius 2 is 1.14 bits per heavy atom. The Morgan fingerprint density at radius 1 is 0.829 bits per heavy atom. The van der Waals surface area contributed by atoms with E-state index in [1.807, 2.05) is 30.9 Å². The third-order valence-electron chi connectivity index (χ3n) is 1.91. The summed E-state index contributed by atoms with van der Waals surface area (Å²) in [5.41, 5.74) is -0.436. The molecule has 0 aliphatic heterocycles. The molecule has 2 aromatic rings. The van der Waals surface area contributed by atoms with Gasteiger partial charge in [-0.15, -0.1) is 0 Å². The second kappa shape index (κ2) is 12.1. The molecule has 0 aliphatic carbocycles. The molecule has 0 bridgehead atoms. The molecule has 5 nitrogen and oxygen atoms in total. The fraction of sp³-hybridized carbons (Fsp3) is 0.625. The summed E-state index contributed by atoms with van der Waals surface area (Å²) in [6.07, 6.45) is 3.57. The Balaban J connectivity index is -0.000000175. The Bertz CT molecular complexity index is 799. The summed E-state index contributed by atoms with van der Waals surface area (Å²) < 4.78 is 120. The van der Waals surface area contributed by atoms with Gasteiger partial charge in [-0.1, -0.05) is 5.16 Å². The van der Waals surface area contributed by atoms with E-state index in [1.165, 1.54) is 0 Å². The fourth-order valence-corrected chi connectivity index (χ4v) is 1.03. The van der Waals surface area contributed by atoms with Crippen LogP contribution in [0.4, 0.5) is 50.9 Å². The van der Waals surface area contributed by atoms with Crippen LogP contribution in [0, 0.1) is 13.8 Å². The van der Waals surface area contributed by atoms with Crippen molar-refractivity contribution in [1.29, 1.82) is 0 Å². The number of aliphatic hydroxyl groups is 1. The van der Waals surface area contributed by atoms with E-state index in [9.17, 15) is 46.2 Å². The molecule has 0 amide bonds. The van der Waals surface area contributed by atoms with Crippen molar-refractivity contribution in [3.05, 3.63) is 36.0 Å². The van der Waals surface area contributed by atoms with Crippen molar-refractivity contribution in [3.8, 4) is 0 Å². The quantitative estimate of drug-likeness (QED) is 0.189. The van der Waals surface area contributed by atoms with E-state index >= 15 is 0 Å². The zero-order valence-corrected chi connectivity index (χ0v) is 21.7. The number of halogens is 12. The number of aryl methyl sites for hydroxylation is 2. The predicted molar refractivity (Wildman–Crippen MR) is 110 cm³/mol. The molecule has 0 saturated carbocycles. The van der Waals surface area contributed by atoms with Gasteiger partial charge in [-0.05, 0) is 32.4 Å². The van der Waals surface area contributed by atoms with Gasteiger partial charge in [0.2, 0.25) is 11.7 Å². The first-order valence-electron chi connectivity index (χ1n) is 8.84. The molecule has 0 aliphatic rings. The number of nitrogens with zero attached hydrogens (tertiary/aromatic N) is 2. The van der Waals surface area contributed by atoms with Crippen LogP contribution in [0.5, 0.6) is 0 Å². The van der Waals surface area contributed by atoms with Crippen LogP contribution in [0.3, 0.4) is 0 Å². The van der Waals surface area contributed by atoms with Gasteiger partial charge in [-0.2, -0.15) is 0 Å². The molecule has 2 aromatic heterocycles. The topological polar surface area (TPSA) is 63.3 Å². The molecule has 19 heteroatoms. The zero-order chi connectivity index (χ0) is 28.5. The second-order valence-electron chi connectivity index (χ2n) is 8.41. The Hall–Kier alpha value is -1.60. The number of hydrogen-bond acceptors (Lipinski definition) is 4. The average molecular weight is 588 g/mol. The maximum absolute atomic E-state index is 10.7. The summed E-state index contributed by atoms with van der Waals surface area (Å²) in [5, 5.41) is 12.0. The number of hydrogen-bond donors (Lipinski definition) is 1. The minimum atomic E-state index is -10.7. The van der Waals surface area contributed by atoms with Crippen molar-refractivity contribution in [3.63, 3.8) is 0 Å². The Kier molecular flexibility index (Phi) is 14.0. The summed E-state index contributed by atoms with van der Waals surface area (Å²) >= 11 is 0. The summed E-state index contributed by atoms with van der Waals surface area (Å²) in [4.78, 5) is 0. The van der Waals surface area contributed by atoms with E-state index in [0.717, 1.165) is 11.5 Å². The van der Waals surface area contributed by atoms with E-state index in [0.29, 0.717) is 0 Å². The third kappa shape index (κ3) is 72.0. The number of aromatic nitrogens is 2. The van der Waals surface area contributed by atoms with Crippen molar-refractivity contribution in [2.75, 3.05) is 0 Å². The average Bonchev–Trinajstić information content (AvgIpc) is 3.01. The standard InChI is InChI=1S/C8H14NO.C4H5NO.C4H10O.F6P.F5P.FH/c1-7-5-6-9(10-7)8(2,3)4;1-4-2-3-5-6-4;1-4(2,3)5;1-7(2,3,4,5)6;1-6(2,3,4)5;/h5-6H,1-4H3;2-3H,1H3;5H,1-3H3;;;1H/q+1;;;-1;;. The first-order valence-corrected chi connectivity index (χ1v) is 12.6. The molecule has 0 saturated heterocycles. The molecule has 0 atom stereocenters. The molecule has 35 heavy (non-hydrogen) atoms. The van der Waals surface area contributed by atoms with Crippen molar-refractivity contribution < 1.29 is 69.8 Å². The van der Waals surface area contributed by atoms with Crippen LogP contribution in [-0.4, -0.2) is 15.9 Å². The van der Waals surface area contributed by atoms with Crippen LogP contribution in [0.2, 0.25) is 0 Å². The van der Waals surface area contributed by atoms with Crippen LogP contribution in [0.15, 0.2) is 33.6 Å². The summed E-state index contributed by atoms with van der Waals surface area (Å²) in [6, 6.07) is 3.77. The van der Waals surface area contributed by atoms with Gasteiger partial charge in [0.25, 0.3) is 0 Å². The van der Waals surface area contributed by atoms with Crippen molar-refractivity contribution in [2.24, 2.45) is 0 Å². The van der Waals surface area contributed by atoms with Crippen molar-refractivity contribution in [1.82, 2.24) is 5.16 Å². The molecule has 2 heterocycles. The van der Waals surface area contributed by atoms with Crippen molar-refractivity contribution in [2.45, 2.75) is 66.5 Å². The van der Waals surface area contributed by atoms with Gasteiger partial charge in [0.05, 0.1) is 17.9 Å². The van der Waals surface area contributed by atoms with E-state index in [4.69, 9.17) is 9.63 Å². The van der Waals surface area contributed by atoms with E-state index < -0.39 is 21.6 Å². The predicted octanol–water partition coefficient (Wildman–Crippen LogP) is 9.89. The second-order valence-corrected chi connectivity index (χ2v) is 11.6. The monoisotopic (exact) mass is 588 g/mol. The van der Waals surface area contributed by atoms with E-state index in [2.05, 4.69) is 30.5 Å². The first kappa shape index (κ1) is 40.6. The van der Waals surface area contributed by atoms with Gasteiger partial charge >= 0.3 is 62.1 Å². The van der Waals surface area contributed by atoms with Crippen molar-refractivity contribution >= 4 is 16.0 Å². The molecule has 0 aromatic carbocycles. The number of rotatable bonds is 0. The van der Waals surface area contributed by atoms with E-state index in [1.54, 1.807) is 33.0 Å². The summed E-state index contributed by atoms with van der Waals surface area (Å²) in [6.45, 7) is 15.4. The molecule has 1 N–H and O–H groups in total. The van der Waals surface area contributed by atoms with Crippen LogP contribution in [0.1, 0.15) is 53.1 Å². The molecule has 0 spiro atoms. The van der Waals surface area contributed by atoms with Crippen LogP contribution in [-0.2, 0) is 5.54 Å². The van der Waals surface area contributed by atoms with Gasteiger partial charge in [0, 0.05) is 33.8 Å². The Morgan fingerprint density at radius 3 is 1.23 bits per heavy atom. The molecule has 2 rings (SSSR count). The van der Waals surface area contributed by atoms with Crippen LogP contribution in [0.25, 0.3) is 0 Å². The molecular formula is C16H30F12N2O3P2. The fourth-order valence-electron chi connectivity index (χ4n) is 1.03. The van der Waals surface area contributed by atoms with Crippen LogP contribution < -0.4 is 4.74 Å². The molecule has 0 radical (unpaired) electrons. The molecule has 216 valence electrons. The third-order valence-corrected chi connectivity index (χ3v) is 1.91. The summed E-state index contributed by atoms with van der Waals surface area (Å²) in [7, 11) is -19.2. The van der Waals surface area contributed by atoms with Gasteiger partial charge < -0.3 is 9.63 Å².